The third kappa shape index (κ3) is 31.2. The molecule has 0 spiro atoms. The number of carbonyl (C=O) groups is 11. The summed E-state index contributed by atoms with van der Waals surface area (Å²) >= 11 is 0. The number of carbonyl (C=O) groups excluding carboxylic acids is 9. The maximum Gasteiger partial charge on any atom is 1.00 e. The van der Waals surface area contributed by atoms with Gasteiger partial charge in [0.1, 0.15) is 134 Å². The Balaban J connectivity index is 0.000000220. The number of likely N-dealkylation sites (N-methyl/N-ethyl adjacent to an activating group) is 1. The zero-order chi connectivity index (χ0) is 103. The van der Waals surface area contributed by atoms with E-state index in [1.165, 1.54) is 101 Å². The van der Waals surface area contributed by atoms with Crippen molar-refractivity contribution >= 4 is 166 Å². The second-order valence-corrected chi connectivity index (χ2v) is 29.8. The number of aromatic amines is 2. The van der Waals surface area contributed by atoms with Gasteiger partial charge in [0.05, 0.1) is 126 Å². The number of carboxylic acid groups (broad SMARTS) is 2. The van der Waals surface area contributed by atoms with Gasteiger partial charge in [0.15, 0.2) is 39.7 Å². The standard InChI is InChI=1S/C21H25N7O5.C21H24N6O5.C16H15N5O4.C15H13N5O4.C13H11N5O2.C5H5N5.2Na.2H2O/c1-22-8-9-27(12-18(30)33-3)17(29)11-28-20-16(10-25-28)19(23-13-24-20)26-21(31)14-4-6-15(32-2)7-5-14;1-22-8-7-14(9-18(29)30)17(28)11-27-20-16(10-25-27)19(23-12-24-20)26-21(31)13-3-5-15(32-2)6-4-13;1-24-11-5-3-10(4-6-11)16(23)20-14-12-7-19-21(8-13(22)25-2)15(12)18-9-17-14;1-24-10-4-2-9(3-5-10)15(23)19-13-11-6-18-20(7-12(21)22)14(11)17-8-16-13;1-20-9-4-2-8(3-5-9)13(19)17-11-10-6-16-18-12(10)15-7-14-11;6-4-3-1-9-10-5(3)8-2-7-4;;;;/h4-7,10,13,22H,8-9,11-12H2,1-3H3,(H,23,24,26,31);3-6,10,12,14,22H,7-9,11H2,1-2H3,(H,29,30)(H,23,24,26,31);3-7,9H,8H2,1-2H3,(H,17,18,20,23);2-6,8H,7H2,1H3,(H,21,22)(H,16,17,19,23);2-7H,1H3,(H2,14,15,16,17,18,19);1-2H,(H3,6,7,8,9,10);;;2*1H2/q;;;;;;2*+1;;/p-2. The van der Waals surface area contributed by atoms with E-state index in [1.54, 1.807) is 183 Å². The molecule has 1 unspecified atom stereocenters. The average Bonchev–Trinajstić information content (AvgIpc) is 1.66. The fourth-order valence-corrected chi connectivity index (χ4v) is 13.2. The fourth-order valence-electron chi connectivity index (χ4n) is 13.2. The third-order valence-electron chi connectivity index (χ3n) is 20.7. The molecule has 57 heteroatoms. The number of benzene rings is 5. The van der Waals surface area contributed by atoms with Gasteiger partial charge in [-0.15, -0.1) is 0 Å². The van der Waals surface area contributed by atoms with E-state index >= 15 is 0 Å². The van der Waals surface area contributed by atoms with Gasteiger partial charge in [0, 0.05) is 46.8 Å². The number of nitrogens with two attached hydrogens (primary N) is 1. The molecule has 0 fully saturated rings. The van der Waals surface area contributed by atoms with Crippen LogP contribution in [0.3, 0.4) is 0 Å². The van der Waals surface area contributed by atoms with Gasteiger partial charge in [0.25, 0.3) is 29.5 Å². The van der Waals surface area contributed by atoms with E-state index in [0.717, 1.165) is 5.39 Å². The normalized spacial score (nSPS) is 10.5. The summed E-state index contributed by atoms with van der Waals surface area (Å²) in [5.41, 5.74) is 10.5. The number of fused-ring (bicyclic) bond motifs is 6. The number of carboxylic acids is 2. The van der Waals surface area contributed by atoms with Crippen LogP contribution >= 0.6 is 0 Å². The van der Waals surface area contributed by atoms with Gasteiger partial charge in [0.2, 0.25) is 5.91 Å². The Labute approximate surface area is 881 Å². The second-order valence-electron chi connectivity index (χ2n) is 29.8. The molecule has 148 heavy (non-hydrogen) atoms. The van der Waals surface area contributed by atoms with Crippen molar-refractivity contribution < 1.29 is 166 Å². The molecule has 758 valence electrons. The number of ether oxygens (including phenoxy) is 7. The van der Waals surface area contributed by atoms with Crippen molar-refractivity contribution in [1.29, 1.82) is 0 Å². The quantitative estimate of drug-likeness (QED) is 0.0175. The van der Waals surface area contributed by atoms with Crippen molar-refractivity contribution in [3.05, 3.63) is 224 Å². The Hall–Kier alpha value is -17.6. The number of H-pyrrole nitrogens is 2. The van der Waals surface area contributed by atoms with Crippen LogP contribution in [0.25, 0.3) is 66.2 Å². The Bertz CT molecular complexity index is 7390. The topological polar surface area (TPSA) is 750 Å². The summed E-state index contributed by atoms with van der Waals surface area (Å²) in [6.45, 7) is 0.492. The van der Waals surface area contributed by atoms with Gasteiger partial charge in [-0.3, -0.25) is 62.9 Å². The molecule has 12 heterocycles. The molecule has 0 saturated carbocycles. The van der Waals surface area contributed by atoms with Crippen LogP contribution in [-0.4, -0.2) is 301 Å². The minimum atomic E-state index is -1.04. The van der Waals surface area contributed by atoms with Crippen molar-refractivity contribution in [3.63, 3.8) is 0 Å². The van der Waals surface area contributed by atoms with Gasteiger partial charge >= 0.3 is 83.0 Å². The maximum absolute atomic E-state index is 12.8. The number of nitrogens with zero attached hydrogens (tertiary/aromatic N) is 23. The van der Waals surface area contributed by atoms with E-state index in [-0.39, 0.29) is 168 Å². The number of aromatic nitrogens is 24. The zero-order valence-corrected chi connectivity index (χ0v) is 85.1. The van der Waals surface area contributed by atoms with Gasteiger partial charge in [-0.05, 0) is 148 Å². The van der Waals surface area contributed by atoms with Crippen LogP contribution in [0.2, 0.25) is 0 Å². The third-order valence-corrected chi connectivity index (χ3v) is 20.7. The van der Waals surface area contributed by atoms with E-state index in [1.807, 2.05) is 0 Å². The van der Waals surface area contributed by atoms with Crippen LogP contribution < -0.4 is 126 Å². The first-order valence-corrected chi connectivity index (χ1v) is 42.9. The predicted octanol–water partition coefficient (Wildman–Crippen LogP) is -0.700. The number of Topliss-reactive ketones (excluding diaryl/α,β-unsaturated/α-hetero) is 1. The van der Waals surface area contributed by atoms with Crippen LogP contribution in [0, 0.1) is 5.92 Å². The van der Waals surface area contributed by atoms with Crippen LogP contribution in [0.4, 0.5) is 34.9 Å². The minimum absolute atomic E-state index is 0. The molecule has 15 N–H and O–H groups in total. The molecule has 0 aliphatic heterocycles. The number of methoxy groups -OCH3 is 7. The minimum Gasteiger partial charge on any atom is -0.870 e. The molecule has 0 aliphatic carbocycles. The predicted molar refractivity (Wildman–Crippen MR) is 519 cm³/mol. The molecule has 6 amide bonds. The van der Waals surface area contributed by atoms with Crippen molar-refractivity contribution in [3.8, 4) is 28.7 Å². The number of nitrogen functional groups attached to an aromatic ring is 1. The molecular formula is C91H95N33Na2O22. The molecule has 0 bridgehead atoms. The summed E-state index contributed by atoms with van der Waals surface area (Å²) in [6, 6.07) is 33.3. The second kappa shape index (κ2) is 57.0. The summed E-state index contributed by atoms with van der Waals surface area (Å²) in [5.74, 6) is -0.712. The van der Waals surface area contributed by atoms with Crippen molar-refractivity contribution in [2.45, 2.75) is 39.0 Å². The van der Waals surface area contributed by atoms with E-state index in [2.05, 4.69) is 147 Å². The number of hydrogen-bond acceptors (Lipinski definition) is 41. The van der Waals surface area contributed by atoms with E-state index < -0.39 is 29.8 Å². The first-order valence-electron chi connectivity index (χ1n) is 42.9. The molecule has 17 aromatic rings. The van der Waals surface area contributed by atoms with E-state index in [4.69, 9.17) is 39.6 Å². The summed E-state index contributed by atoms with van der Waals surface area (Å²) in [7, 11) is 13.8. The number of aliphatic carboxylic acids is 2. The summed E-state index contributed by atoms with van der Waals surface area (Å²) < 4.78 is 40.0. The number of nitrogens with one attached hydrogen (secondary N) is 9. The zero-order valence-electron chi connectivity index (χ0n) is 81.1. The molecule has 0 saturated heterocycles. The maximum atomic E-state index is 12.8. The summed E-state index contributed by atoms with van der Waals surface area (Å²) in [4.78, 5) is 183. The summed E-state index contributed by atoms with van der Waals surface area (Å²) in [6.07, 6.45) is 17.0. The Morgan fingerprint density at radius 3 is 0.986 bits per heavy atom. The molecule has 12 aromatic heterocycles. The number of hydrogen-bond donors (Lipinski definition) is 12. The SMILES string of the molecule is CNCCC(CC(=O)O)C(=O)Cn1ncc2c(NC(=O)c3ccc(OC)cc3)ncnc21.CNCCN(CC(=O)OC)C(=O)Cn1ncc2c(NC(=O)c3ccc(OC)cc3)ncnc21.COC(=O)Cn1ncc2c(NC(=O)c3ccc(OC)cc3)ncnc21.COc1ccc(C(=O)Nc2ncnc3[nH]ncc23)cc1.COc1ccc(C(=O)Nc2ncnc3c2cnn3CC(=O)O)cc1.Nc1ncnc2[nH]ncc12.[Na+].[Na+].[OH-].[OH-]. The van der Waals surface area contributed by atoms with Crippen molar-refractivity contribution in [1.82, 2.24) is 135 Å². The number of amides is 6. The number of esters is 2. The Morgan fingerprint density at radius 1 is 0.365 bits per heavy atom. The fraction of sp³-hybridized carbons (Fsp3) is 0.220. The smallest absolute Gasteiger partial charge is 0.870 e. The largest absolute Gasteiger partial charge is 1.00 e. The van der Waals surface area contributed by atoms with Crippen LogP contribution in [0.1, 0.15) is 64.6 Å². The average molecular weight is 2050 g/mol. The molecule has 0 radical (unpaired) electrons. The molecule has 55 nitrogen and oxygen atoms in total. The van der Waals surface area contributed by atoms with Crippen LogP contribution in [-0.2, 0) is 64.4 Å². The van der Waals surface area contributed by atoms with Gasteiger partial charge in [-0.1, -0.05) is 0 Å². The van der Waals surface area contributed by atoms with E-state index in [0.29, 0.717) is 161 Å². The molecule has 1 atom stereocenters. The number of ketones is 1. The van der Waals surface area contributed by atoms with Crippen molar-refractivity contribution in [2.24, 2.45) is 5.92 Å². The first kappa shape index (κ1) is 116. The van der Waals surface area contributed by atoms with E-state index in [9.17, 15) is 52.7 Å². The molecule has 5 aromatic carbocycles. The van der Waals surface area contributed by atoms with Gasteiger partial charge in [-0.25, -0.2) is 78.5 Å². The first-order chi connectivity index (χ1) is 69.7. The number of anilines is 6. The Morgan fingerprint density at radius 2 is 0.669 bits per heavy atom. The summed E-state index contributed by atoms with van der Waals surface area (Å²) in [5, 5.41) is 70.3. The molecular weight excluding hydrogens is 1950 g/mol. The monoisotopic (exact) mass is 2050 g/mol. The molecule has 17 rings (SSSR count). The molecule has 0 aliphatic rings. The number of rotatable bonds is 34. The Kier molecular flexibility index (Phi) is 44.6. The van der Waals surface area contributed by atoms with Crippen molar-refractivity contribution in [2.75, 3.05) is 122 Å². The van der Waals surface area contributed by atoms with Crippen LogP contribution in [0.15, 0.2) is 196 Å². The van der Waals surface area contributed by atoms with Gasteiger partial charge < -0.3 is 102 Å². The van der Waals surface area contributed by atoms with Crippen LogP contribution in [0.5, 0.6) is 28.7 Å². The van der Waals surface area contributed by atoms with Gasteiger partial charge in [-0.2, -0.15) is 30.6 Å².